The molecule has 0 radical (unpaired) electrons. The molecule has 0 bridgehead atoms. The van der Waals surface area contributed by atoms with Gasteiger partial charge >= 0.3 is 0 Å². The topological polar surface area (TPSA) is 70.5 Å². The lowest BCUT2D eigenvalue weighted by Gasteiger charge is -2.41. The summed E-state index contributed by atoms with van der Waals surface area (Å²) in [6.07, 6.45) is 0. The molecule has 2 aliphatic heterocycles. The van der Waals surface area contributed by atoms with Gasteiger partial charge in [0.1, 0.15) is 0 Å². The summed E-state index contributed by atoms with van der Waals surface area (Å²) in [6, 6.07) is -0.0986. The van der Waals surface area contributed by atoms with E-state index in [1.54, 1.807) is 0 Å². The normalized spacial score (nSPS) is 24.8. The van der Waals surface area contributed by atoms with Gasteiger partial charge in [0.2, 0.25) is 0 Å². The molecule has 0 aromatic rings. The molecule has 24 heavy (non-hydrogen) atoms. The van der Waals surface area contributed by atoms with Gasteiger partial charge in [-0.15, -0.1) is 0 Å². The number of Topliss-reactive ketones (excluding diaryl/α,β-unsaturated/α-hetero) is 1. The summed E-state index contributed by atoms with van der Waals surface area (Å²) in [5, 5.41) is 18.0. The van der Waals surface area contributed by atoms with Crippen LogP contribution in [-0.2, 0) is 4.79 Å². The Morgan fingerprint density at radius 1 is 0.750 bits per heavy atom. The van der Waals surface area contributed by atoms with E-state index >= 15 is 0 Å². The third-order valence-electron chi connectivity index (χ3n) is 5.57. The molecule has 2 saturated heterocycles. The predicted octanol–water partition coefficient (Wildman–Crippen LogP) is -1.45. The number of aliphatic hydroxyl groups is 2. The van der Waals surface area contributed by atoms with Gasteiger partial charge in [0, 0.05) is 65.4 Å². The van der Waals surface area contributed by atoms with E-state index in [0.717, 1.165) is 65.4 Å². The smallest absolute Gasteiger partial charge is 0.166 e. The highest BCUT2D eigenvalue weighted by Crippen LogP contribution is 2.13. The maximum absolute atomic E-state index is 12.9. The highest BCUT2D eigenvalue weighted by atomic mass is 16.3. The second-order valence-electron chi connectivity index (χ2n) is 6.96. The van der Waals surface area contributed by atoms with Crippen molar-refractivity contribution < 1.29 is 15.0 Å². The number of ketones is 1. The largest absolute Gasteiger partial charge is 0.395 e. The summed E-state index contributed by atoms with van der Waals surface area (Å²) in [5.41, 5.74) is 0. The molecule has 2 rings (SSSR count). The molecule has 2 N–H and O–H groups in total. The first-order valence-electron chi connectivity index (χ1n) is 9.25. The molecule has 2 aliphatic rings. The Hall–Kier alpha value is -0.570. The molecule has 7 nitrogen and oxygen atoms in total. The minimum absolute atomic E-state index is 0.0493. The first kappa shape index (κ1) is 19.8. The fourth-order valence-electron chi connectivity index (χ4n) is 3.74. The quantitative estimate of drug-likeness (QED) is 0.559. The molecule has 2 unspecified atom stereocenters. The first-order valence-corrected chi connectivity index (χ1v) is 9.25. The number of hydrogen-bond donors (Lipinski definition) is 2. The van der Waals surface area contributed by atoms with Gasteiger partial charge in [0.05, 0.1) is 25.3 Å². The highest BCUT2D eigenvalue weighted by Gasteiger charge is 2.32. The van der Waals surface area contributed by atoms with E-state index in [2.05, 4.69) is 19.6 Å². The lowest BCUT2D eigenvalue weighted by Crippen LogP contribution is -2.57. The summed E-state index contributed by atoms with van der Waals surface area (Å²) in [4.78, 5) is 21.9. The molecular weight excluding hydrogens is 308 g/mol. The summed E-state index contributed by atoms with van der Waals surface area (Å²) in [5.74, 6) is 0.307. The number of rotatable bonds is 8. The molecule has 0 aliphatic carbocycles. The number of aliphatic hydroxyl groups excluding tert-OH is 2. The van der Waals surface area contributed by atoms with Crippen molar-refractivity contribution in [2.24, 2.45) is 0 Å². The van der Waals surface area contributed by atoms with Gasteiger partial charge < -0.3 is 10.2 Å². The van der Waals surface area contributed by atoms with E-state index in [0.29, 0.717) is 5.78 Å². The third-order valence-corrected chi connectivity index (χ3v) is 5.57. The standard InChI is InChI=1S/C17H34N4O3/c1-15(20-7-3-18(4-8-20)11-13-22)17(24)16(2)21-9-5-19(6-10-21)12-14-23/h15-16,22-23H,3-14H2,1-2H3. The Morgan fingerprint density at radius 2 is 1.08 bits per heavy atom. The van der Waals surface area contributed by atoms with Crippen LogP contribution in [0.1, 0.15) is 13.8 Å². The molecule has 140 valence electrons. The zero-order valence-electron chi connectivity index (χ0n) is 15.2. The van der Waals surface area contributed by atoms with Crippen LogP contribution in [0.5, 0.6) is 0 Å². The van der Waals surface area contributed by atoms with Gasteiger partial charge in [-0.25, -0.2) is 0 Å². The van der Waals surface area contributed by atoms with Crippen LogP contribution >= 0.6 is 0 Å². The van der Waals surface area contributed by atoms with Gasteiger partial charge in [0.25, 0.3) is 0 Å². The van der Waals surface area contributed by atoms with Gasteiger partial charge in [-0.2, -0.15) is 0 Å². The zero-order chi connectivity index (χ0) is 17.5. The maximum Gasteiger partial charge on any atom is 0.166 e. The van der Waals surface area contributed by atoms with Crippen LogP contribution in [0.3, 0.4) is 0 Å². The van der Waals surface area contributed by atoms with Crippen molar-refractivity contribution in [3.8, 4) is 0 Å². The van der Waals surface area contributed by atoms with Gasteiger partial charge in [-0.1, -0.05) is 0 Å². The Labute approximate surface area is 145 Å². The maximum atomic E-state index is 12.9. The molecule has 0 aromatic heterocycles. The van der Waals surface area contributed by atoms with Gasteiger partial charge in [0.15, 0.2) is 5.78 Å². The molecule has 7 heteroatoms. The Balaban J connectivity index is 1.78. The van der Waals surface area contributed by atoms with Gasteiger partial charge in [-0.3, -0.25) is 24.4 Å². The molecule has 0 spiro atoms. The zero-order valence-corrected chi connectivity index (χ0v) is 15.2. The number of nitrogens with zero attached hydrogens (tertiary/aromatic N) is 4. The molecule has 2 heterocycles. The van der Waals surface area contributed by atoms with E-state index < -0.39 is 0 Å². The summed E-state index contributed by atoms with van der Waals surface area (Å²) < 4.78 is 0. The van der Waals surface area contributed by atoms with E-state index in [9.17, 15) is 4.79 Å². The predicted molar refractivity (Wildman–Crippen MR) is 94.1 cm³/mol. The Morgan fingerprint density at radius 3 is 1.38 bits per heavy atom. The van der Waals surface area contributed by atoms with E-state index in [1.165, 1.54) is 0 Å². The fourth-order valence-corrected chi connectivity index (χ4v) is 3.74. The van der Waals surface area contributed by atoms with E-state index in [4.69, 9.17) is 10.2 Å². The molecule has 2 atom stereocenters. The average Bonchev–Trinajstić information content (AvgIpc) is 2.62. The third kappa shape index (κ3) is 5.21. The number of β-amino-alcohol motifs (C(OH)–C–C–N with tert-alkyl or cyclic N) is 2. The Kier molecular flexibility index (Phi) is 8.06. The molecule has 0 amide bonds. The van der Waals surface area contributed by atoms with E-state index in [1.807, 2.05) is 13.8 Å². The van der Waals surface area contributed by atoms with Crippen molar-refractivity contribution in [3.05, 3.63) is 0 Å². The molecule has 2 fully saturated rings. The van der Waals surface area contributed by atoms with E-state index in [-0.39, 0.29) is 25.3 Å². The van der Waals surface area contributed by atoms with Crippen LogP contribution in [0.25, 0.3) is 0 Å². The van der Waals surface area contributed by atoms with Crippen molar-refractivity contribution in [1.29, 1.82) is 0 Å². The number of carbonyl (C=O) groups is 1. The fraction of sp³-hybridized carbons (Fsp3) is 0.941. The van der Waals surface area contributed by atoms with Gasteiger partial charge in [-0.05, 0) is 13.8 Å². The lowest BCUT2D eigenvalue weighted by atomic mass is 10.0. The molecule has 0 saturated carbocycles. The number of carbonyl (C=O) groups excluding carboxylic acids is 1. The average molecular weight is 342 g/mol. The van der Waals surface area contributed by atoms with Crippen molar-refractivity contribution >= 4 is 5.78 Å². The first-order chi connectivity index (χ1) is 11.6. The summed E-state index contributed by atoms with van der Waals surface area (Å²) >= 11 is 0. The van der Waals surface area contributed by atoms with Crippen LogP contribution in [0.15, 0.2) is 0 Å². The number of piperazine rings is 2. The summed E-state index contributed by atoms with van der Waals surface area (Å²) in [6.45, 7) is 13.2. The lowest BCUT2D eigenvalue weighted by molar-refractivity contribution is -0.130. The number of hydrogen-bond acceptors (Lipinski definition) is 7. The van der Waals surface area contributed by atoms with Crippen molar-refractivity contribution in [1.82, 2.24) is 19.6 Å². The monoisotopic (exact) mass is 342 g/mol. The Bertz CT molecular complexity index is 346. The van der Waals surface area contributed by atoms with Crippen LogP contribution in [-0.4, -0.2) is 126 Å². The molecular formula is C17H34N4O3. The second kappa shape index (κ2) is 9.79. The van der Waals surface area contributed by atoms with Crippen LogP contribution in [0, 0.1) is 0 Å². The van der Waals surface area contributed by atoms with Crippen molar-refractivity contribution in [2.45, 2.75) is 25.9 Å². The minimum atomic E-state index is -0.0493. The molecule has 0 aromatic carbocycles. The van der Waals surface area contributed by atoms with Crippen LogP contribution in [0.2, 0.25) is 0 Å². The highest BCUT2D eigenvalue weighted by molar-refractivity contribution is 5.88. The van der Waals surface area contributed by atoms with Crippen molar-refractivity contribution in [2.75, 3.05) is 78.7 Å². The van der Waals surface area contributed by atoms with Crippen LogP contribution < -0.4 is 0 Å². The second-order valence-corrected chi connectivity index (χ2v) is 6.96. The summed E-state index contributed by atoms with van der Waals surface area (Å²) in [7, 11) is 0. The SMILES string of the molecule is CC(C(=O)C(C)N1CCN(CCO)CC1)N1CCN(CCO)CC1. The minimum Gasteiger partial charge on any atom is -0.395 e. The van der Waals surface area contributed by atoms with Crippen LogP contribution in [0.4, 0.5) is 0 Å². The van der Waals surface area contributed by atoms with Crippen molar-refractivity contribution in [3.63, 3.8) is 0 Å².